The number of aromatic nitrogens is 4. The highest BCUT2D eigenvalue weighted by Crippen LogP contribution is 2.21. The molecular formula is C4H4BrN5O. The van der Waals surface area contributed by atoms with Gasteiger partial charge in [-0.3, -0.25) is 10.3 Å². The lowest BCUT2D eigenvalue weighted by Crippen LogP contribution is -2.00. The molecule has 7 heteroatoms. The third kappa shape index (κ3) is 1.12. The number of H-pyrrole nitrogens is 1. The third-order valence-corrected chi connectivity index (χ3v) is 1.90. The van der Waals surface area contributed by atoms with E-state index in [4.69, 9.17) is 4.84 Å². The van der Waals surface area contributed by atoms with Gasteiger partial charge in [-0.15, -0.1) is 10.2 Å². The van der Waals surface area contributed by atoms with Gasteiger partial charge in [0.25, 0.3) is 0 Å². The lowest BCUT2D eigenvalue weighted by Gasteiger charge is -1.88. The number of rotatable bonds is 1. The van der Waals surface area contributed by atoms with Gasteiger partial charge in [-0.2, -0.15) is 5.21 Å². The number of nitrogens with one attached hydrogen (secondary N) is 2. The Morgan fingerprint density at radius 3 is 3.00 bits per heavy atom. The van der Waals surface area contributed by atoms with Gasteiger partial charge in [-0.1, -0.05) is 0 Å². The summed E-state index contributed by atoms with van der Waals surface area (Å²) < 4.78 is 0.749. The summed E-state index contributed by atoms with van der Waals surface area (Å²) in [5.41, 5.74) is 3.49. The molecule has 0 aromatic carbocycles. The molecule has 1 aromatic heterocycles. The quantitative estimate of drug-likeness (QED) is 0.638. The molecule has 2 rings (SSSR count). The first kappa shape index (κ1) is 6.74. The van der Waals surface area contributed by atoms with Gasteiger partial charge in [0.1, 0.15) is 11.2 Å². The molecule has 2 heterocycles. The first-order valence-corrected chi connectivity index (χ1v) is 3.67. The number of hydrogen-bond acceptors (Lipinski definition) is 5. The van der Waals surface area contributed by atoms with Gasteiger partial charge >= 0.3 is 0 Å². The van der Waals surface area contributed by atoms with Crippen molar-refractivity contribution in [2.45, 2.75) is 0 Å². The summed E-state index contributed by atoms with van der Waals surface area (Å²) >= 11 is 3.25. The molecule has 2 N–H and O–H groups in total. The predicted molar refractivity (Wildman–Crippen MR) is 39.1 cm³/mol. The van der Waals surface area contributed by atoms with Crippen molar-refractivity contribution in [3.05, 3.63) is 10.4 Å². The maximum Gasteiger partial charge on any atom is 0.205 e. The zero-order chi connectivity index (χ0) is 7.68. The maximum absolute atomic E-state index is 4.90. The molecule has 6 nitrogen and oxygen atoms in total. The molecule has 0 radical (unpaired) electrons. The van der Waals surface area contributed by atoms with Crippen molar-refractivity contribution in [1.82, 2.24) is 26.1 Å². The monoisotopic (exact) mass is 217 g/mol. The van der Waals surface area contributed by atoms with Crippen molar-refractivity contribution in [1.29, 1.82) is 0 Å². The normalized spacial score (nSPS) is 17.2. The average molecular weight is 218 g/mol. The predicted octanol–water partition coefficient (Wildman–Crippen LogP) is -0.202. The van der Waals surface area contributed by atoms with Crippen LogP contribution < -0.4 is 5.48 Å². The van der Waals surface area contributed by atoms with Crippen LogP contribution in [0.1, 0.15) is 5.82 Å². The Balaban J connectivity index is 2.36. The Morgan fingerprint density at radius 1 is 1.55 bits per heavy atom. The van der Waals surface area contributed by atoms with Gasteiger partial charge < -0.3 is 0 Å². The summed E-state index contributed by atoms with van der Waals surface area (Å²) in [6, 6.07) is 0. The molecule has 0 fully saturated rings. The van der Waals surface area contributed by atoms with Crippen molar-refractivity contribution >= 4 is 21.5 Å². The molecule has 0 unspecified atom stereocenters. The van der Waals surface area contributed by atoms with E-state index < -0.39 is 0 Å². The fourth-order valence-electron chi connectivity index (χ4n) is 0.749. The van der Waals surface area contributed by atoms with E-state index in [0.29, 0.717) is 12.4 Å². The van der Waals surface area contributed by atoms with E-state index in [1.54, 1.807) is 0 Å². The topological polar surface area (TPSA) is 75.7 Å². The number of aromatic amines is 1. The molecule has 0 saturated carbocycles. The highest BCUT2D eigenvalue weighted by molar-refractivity contribution is 9.11. The Labute approximate surface area is 70.1 Å². The molecule has 0 aliphatic carbocycles. The lowest BCUT2D eigenvalue weighted by molar-refractivity contribution is 0.116. The van der Waals surface area contributed by atoms with Gasteiger partial charge in [0, 0.05) is 0 Å². The summed E-state index contributed by atoms with van der Waals surface area (Å²) in [7, 11) is 0. The average Bonchev–Trinajstić information content (AvgIpc) is 2.55. The Morgan fingerprint density at radius 2 is 2.45 bits per heavy atom. The smallest absolute Gasteiger partial charge is 0.205 e. The van der Waals surface area contributed by atoms with Crippen LogP contribution in [-0.4, -0.2) is 27.2 Å². The highest BCUT2D eigenvalue weighted by atomic mass is 79.9. The fraction of sp³-hybridized carbons (Fsp3) is 0.250. The van der Waals surface area contributed by atoms with E-state index in [-0.39, 0.29) is 0 Å². The molecule has 0 atom stereocenters. The minimum atomic E-state index is 0.445. The van der Waals surface area contributed by atoms with Gasteiger partial charge in [0.05, 0.1) is 5.57 Å². The van der Waals surface area contributed by atoms with Crippen LogP contribution in [-0.2, 0) is 4.84 Å². The van der Waals surface area contributed by atoms with Gasteiger partial charge in [0.2, 0.25) is 5.82 Å². The zero-order valence-electron chi connectivity index (χ0n) is 5.33. The van der Waals surface area contributed by atoms with Gasteiger partial charge in [-0.25, -0.2) is 0 Å². The summed E-state index contributed by atoms with van der Waals surface area (Å²) in [4.78, 5) is 4.90. The second-order valence-electron chi connectivity index (χ2n) is 1.92. The molecule has 1 aromatic rings. The first-order chi connectivity index (χ1) is 5.38. The number of nitrogens with zero attached hydrogens (tertiary/aromatic N) is 3. The first-order valence-electron chi connectivity index (χ1n) is 2.88. The molecule has 1 aliphatic rings. The van der Waals surface area contributed by atoms with Crippen LogP contribution in [0.25, 0.3) is 5.57 Å². The molecule has 0 amide bonds. The van der Waals surface area contributed by atoms with Crippen molar-refractivity contribution in [2.24, 2.45) is 0 Å². The van der Waals surface area contributed by atoms with E-state index >= 15 is 0 Å². The van der Waals surface area contributed by atoms with E-state index in [9.17, 15) is 0 Å². The van der Waals surface area contributed by atoms with E-state index in [1.807, 2.05) is 0 Å². The largest absolute Gasteiger partial charge is 0.271 e. The zero-order valence-corrected chi connectivity index (χ0v) is 6.92. The minimum Gasteiger partial charge on any atom is -0.271 e. The van der Waals surface area contributed by atoms with E-state index in [0.717, 1.165) is 10.2 Å². The van der Waals surface area contributed by atoms with Crippen LogP contribution in [0.15, 0.2) is 4.61 Å². The van der Waals surface area contributed by atoms with Crippen molar-refractivity contribution < 1.29 is 4.84 Å². The van der Waals surface area contributed by atoms with Gasteiger partial charge in [-0.05, 0) is 21.1 Å². The SMILES string of the molecule is BrC1=C(c2nn[nH]n2)CON1. The molecule has 0 saturated heterocycles. The Kier molecular flexibility index (Phi) is 1.59. The van der Waals surface area contributed by atoms with E-state index in [2.05, 4.69) is 42.0 Å². The van der Waals surface area contributed by atoms with Crippen LogP contribution in [0.4, 0.5) is 0 Å². The molecule has 0 spiro atoms. The second kappa shape index (κ2) is 2.59. The number of halogens is 1. The molecule has 58 valence electrons. The maximum atomic E-state index is 4.90. The van der Waals surface area contributed by atoms with Crippen LogP contribution >= 0.6 is 15.9 Å². The summed E-state index contributed by atoms with van der Waals surface area (Å²) in [5.74, 6) is 0.543. The molecule has 0 bridgehead atoms. The Bertz CT molecular complexity index is 281. The number of hydroxylamine groups is 1. The highest BCUT2D eigenvalue weighted by Gasteiger charge is 2.17. The minimum absolute atomic E-state index is 0.445. The van der Waals surface area contributed by atoms with Crippen LogP contribution in [0.2, 0.25) is 0 Å². The second-order valence-corrected chi connectivity index (χ2v) is 2.71. The number of hydrogen-bond donors (Lipinski definition) is 2. The summed E-state index contributed by atoms with van der Waals surface area (Å²) in [6.45, 7) is 0.445. The molecular weight excluding hydrogens is 214 g/mol. The van der Waals surface area contributed by atoms with Crippen LogP contribution in [0.5, 0.6) is 0 Å². The molecule has 11 heavy (non-hydrogen) atoms. The van der Waals surface area contributed by atoms with Crippen molar-refractivity contribution in [2.75, 3.05) is 6.61 Å². The van der Waals surface area contributed by atoms with Gasteiger partial charge in [0.15, 0.2) is 0 Å². The Hall–Kier alpha value is -0.950. The summed E-state index contributed by atoms with van der Waals surface area (Å²) in [6.07, 6.45) is 0. The van der Waals surface area contributed by atoms with Crippen LogP contribution in [0, 0.1) is 0 Å². The van der Waals surface area contributed by atoms with Crippen molar-refractivity contribution in [3.8, 4) is 0 Å². The third-order valence-electron chi connectivity index (χ3n) is 1.26. The molecule has 1 aliphatic heterocycles. The van der Waals surface area contributed by atoms with Crippen LogP contribution in [0.3, 0.4) is 0 Å². The number of tetrazole rings is 1. The fourth-order valence-corrected chi connectivity index (χ4v) is 1.16. The van der Waals surface area contributed by atoms with Crippen molar-refractivity contribution in [3.63, 3.8) is 0 Å². The van der Waals surface area contributed by atoms with E-state index in [1.165, 1.54) is 0 Å². The summed E-state index contributed by atoms with van der Waals surface area (Å²) in [5, 5.41) is 13.4. The lowest BCUT2D eigenvalue weighted by atomic mass is 10.3. The standard InChI is InChI=1S/C4H4BrN5O/c5-3-2(1-11-8-3)4-6-9-10-7-4/h8H,1H2,(H,6,7,9,10).